The average Bonchev–Trinajstić information content (AvgIpc) is 2.36. The first-order valence-electron chi connectivity index (χ1n) is 8.36. The van der Waals surface area contributed by atoms with Gasteiger partial charge >= 0.3 is 0 Å². The molecule has 0 spiro atoms. The van der Waals surface area contributed by atoms with Crippen LogP contribution in [0.1, 0.15) is 66.7 Å². The van der Waals surface area contributed by atoms with E-state index in [4.69, 9.17) is 0 Å². The molecule has 1 rings (SSSR count). The van der Waals surface area contributed by atoms with Gasteiger partial charge in [-0.1, -0.05) is 34.1 Å². The highest BCUT2D eigenvalue weighted by Crippen LogP contribution is 2.39. The van der Waals surface area contributed by atoms with Crippen LogP contribution in [0.3, 0.4) is 0 Å². The average molecular weight is 268 g/mol. The monoisotopic (exact) mass is 268 g/mol. The summed E-state index contributed by atoms with van der Waals surface area (Å²) in [5.74, 6) is 0.814. The molecule has 1 N–H and O–H groups in total. The molecule has 0 amide bonds. The Morgan fingerprint density at radius 1 is 1.32 bits per heavy atom. The van der Waals surface area contributed by atoms with Crippen molar-refractivity contribution in [2.75, 3.05) is 20.1 Å². The smallest absolute Gasteiger partial charge is 0.0159 e. The molecule has 0 radical (unpaired) electrons. The maximum absolute atomic E-state index is 3.85. The predicted octanol–water partition coefficient (Wildman–Crippen LogP) is 3.91. The van der Waals surface area contributed by atoms with Gasteiger partial charge in [0.1, 0.15) is 0 Å². The first kappa shape index (κ1) is 17.0. The second-order valence-corrected chi connectivity index (χ2v) is 7.27. The molecule has 1 fully saturated rings. The van der Waals surface area contributed by atoms with E-state index in [2.05, 4.69) is 51.9 Å². The third-order valence-corrected chi connectivity index (χ3v) is 5.19. The highest BCUT2D eigenvalue weighted by molar-refractivity contribution is 4.94. The van der Waals surface area contributed by atoms with Gasteiger partial charge in [0.05, 0.1) is 0 Å². The number of nitrogens with zero attached hydrogens (tertiary/aromatic N) is 1. The van der Waals surface area contributed by atoms with Crippen LogP contribution in [0.4, 0.5) is 0 Å². The van der Waals surface area contributed by atoms with Gasteiger partial charge in [-0.3, -0.25) is 0 Å². The second-order valence-electron chi connectivity index (χ2n) is 7.27. The predicted molar refractivity (Wildman–Crippen MR) is 85.6 cm³/mol. The van der Waals surface area contributed by atoms with Crippen molar-refractivity contribution < 1.29 is 0 Å². The summed E-state index contributed by atoms with van der Waals surface area (Å²) in [5.41, 5.74) is 0.453. The van der Waals surface area contributed by atoms with E-state index in [1.54, 1.807) is 0 Å². The maximum atomic E-state index is 3.85. The van der Waals surface area contributed by atoms with E-state index in [0.717, 1.165) is 12.5 Å². The number of hydrogen-bond donors (Lipinski definition) is 1. The van der Waals surface area contributed by atoms with Crippen molar-refractivity contribution in [3.8, 4) is 0 Å². The first-order valence-corrected chi connectivity index (χ1v) is 8.36. The molecular formula is C17H36N2. The minimum absolute atomic E-state index is 0.453. The zero-order valence-electron chi connectivity index (χ0n) is 14.1. The van der Waals surface area contributed by atoms with Gasteiger partial charge in [-0.05, 0) is 57.5 Å². The molecule has 0 saturated heterocycles. The summed E-state index contributed by atoms with van der Waals surface area (Å²) >= 11 is 0. The van der Waals surface area contributed by atoms with E-state index in [9.17, 15) is 0 Å². The molecule has 2 nitrogen and oxygen atoms in total. The Morgan fingerprint density at radius 3 is 2.58 bits per heavy atom. The van der Waals surface area contributed by atoms with Crippen LogP contribution in [-0.4, -0.2) is 37.1 Å². The third kappa shape index (κ3) is 4.75. The molecule has 0 aromatic heterocycles. The van der Waals surface area contributed by atoms with Crippen LogP contribution in [0.5, 0.6) is 0 Å². The summed E-state index contributed by atoms with van der Waals surface area (Å²) in [5, 5.41) is 3.85. The molecule has 2 heteroatoms. The second kappa shape index (κ2) is 7.64. The lowest BCUT2D eigenvalue weighted by molar-refractivity contribution is 0.0758. The molecule has 114 valence electrons. The first-order chi connectivity index (χ1) is 8.92. The van der Waals surface area contributed by atoms with E-state index in [1.807, 2.05) is 0 Å². The Balaban J connectivity index is 2.66. The van der Waals surface area contributed by atoms with E-state index in [-0.39, 0.29) is 0 Å². The van der Waals surface area contributed by atoms with Crippen LogP contribution in [0.25, 0.3) is 0 Å². The fraction of sp³-hybridized carbons (Fsp3) is 1.00. The van der Waals surface area contributed by atoms with Gasteiger partial charge < -0.3 is 10.2 Å². The largest absolute Gasteiger partial charge is 0.313 e. The van der Waals surface area contributed by atoms with Crippen molar-refractivity contribution in [2.45, 2.75) is 78.8 Å². The van der Waals surface area contributed by atoms with Gasteiger partial charge in [-0.2, -0.15) is 0 Å². The van der Waals surface area contributed by atoms with Crippen LogP contribution in [-0.2, 0) is 0 Å². The molecule has 3 unspecified atom stereocenters. The van der Waals surface area contributed by atoms with Crippen molar-refractivity contribution in [2.24, 2.45) is 11.3 Å². The molecule has 0 aliphatic heterocycles. The standard InChI is InChI=1S/C17H36N2/c1-7-12-18-16-15(10-9-11-17(16,4)5)13-19(6)14(3)8-2/h14-16,18H,7-13H2,1-6H3. The molecule has 0 heterocycles. The Kier molecular flexibility index (Phi) is 6.82. The van der Waals surface area contributed by atoms with Crippen LogP contribution in [0, 0.1) is 11.3 Å². The normalized spacial score (nSPS) is 28.6. The molecule has 3 atom stereocenters. The van der Waals surface area contributed by atoms with Gasteiger partial charge in [0.15, 0.2) is 0 Å². The molecule has 19 heavy (non-hydrogen) atoms. The lowest BCUT2D eigenvalue weighted by Gasteiger charge is -2.46. The van der Waals surface area contributed by atoms with E-state index < -0.39 is 0 Å². The molecule has 0 aromatic rings. The van der Waals surface area contributed by atoms with Crippen molar-refractivity contribution in [1.82, 2.24) is 10.2 Å². The van der Waals surface area contributed by atoms with Gasteiger partial charge in [0.25, 0.3) is 0 Å². The zero-order chi connectivity index (χ0) is 14.5. The Labute approximate surface area is 121 Å². The minimum atomic E-state index is 0.453. The zero-order valence-corrected chi connectivity index (χ0v) is 14.1. The maximum Gasteiger partial charge on any atom is 0.0159 e. The number of nitrogens with one attached hydrogen (secondary N) is 1. The summed E-state index contributed by atoms with van der Waals surface area (Å²) in [4.78, 5) is 2.56. The fourth-order valence-electron chi connectivity index (χ4n) is 3.58. The highest BCUT2D eigenvalue weighted by Gasteiger charge is 2.38. The lowest BCUT2D eigenvalue weighted by atomic mass is 9.67. The molecule has 1 saturated carbocycles. The van der Waals surface area contributed by atoms with Crippen LogP contribution in [0.15, 0.2) is 0 Å². The highest BCUT2D eigenvalue weighted by atomic mass is 15.1. The van der Waals surface area contributed by atoms with Gasteiger partial charge in [0, 0.05) is 18.6 Å². The van der Waals surface area contributed by atoms with E-state index in [1.165, 1.54) is 38.6 Å². The molecular weight excluding hydrogens is 232 g/mol. The molecule has 1 aliphatic carbocycles. The van der Waals surface area contributed by atoms with Gasteiger partial charge in [-0.25, -0.2) is 0 Å². The van der Waals surface area contributed by atoms with E-state index >= 15 is 0 Å². The molecule has 1 aliphatic rings. The summed E-state index contributed by atoms with van der Waals surface area (Å²) in [7, 11) is 2.30. The van der Waals surface area contributed by atoms with Crippen molar-refractivity contribution in [3.05, 3.63) is 0 Å². The fourth-order valence-corrected chi connectivity index (χ4v) is 3.58. The molecule has 0 bridgehead atoms. The topological polar surface area (TPSA) is 15.3 Å². The Bertz CT molecular complexity index is 250. The minimum Gasteiger partial charge on any atom is -0.313 e. The van der Waals surface area contributed by atoms with Crippen molar-refractivity contribution in [1.29, 1.82) is 0 Å². The molecule has 0 aromatic carbocycles. The summed E-state index contributed by atoms with van der Waals surface area (Å²) < 4.78 is 0. The summed E-state index contributed by atoms with van der Waals surface area (Å²) in [6.45, 7) is 14.2. The summed E-state index contributed by atoms with van der Waals surface area (Å²) in [6.07, 6.45) is 6.65. The SMILES string of the molecule is CCCNC1C(CN(C)C(C)CC)CCCC1(C)C. The quantitative estimate of drug-likeness (QED) is 0.753. The number of rotatable bonds is 7. The van der Waals surface area contributed by atoms with Crippen LogP contribution in [0.2, 0.25) is 0 Å². The van der Waals surface area contributed by atoms with Crippen LogP contribution < -0.4 is 5.32 Å². The number of hydrogen-bond acceptors (Lipinski definition) is 2. The van der Waals surface area contributed by atoms with Gasteiger partial charge in [0.2, 0.25) is 0 Å². The van der Waals surface area contributed by atoms with Crippen LogP contribution >= 0.6 is 0 Å². The van der Waals surface area contributed by atoms with Crippen molar-refractivity contribution in [3.63, 3.8) is 0 Å². The Hall–Kier alpha value is -0.0800. The van der Waals surface area contributed by atoms with Gasteiger partial charge in [-0.15, -0.1) is 0 Å². The van der Waals surface area contributed by atoms with Crippen molar-refractivity contribution >= 4 is 0 Å². The lowest BCUT2D eigenvalue weighted by Crippen LogP contribution is -2.53. The van der Waals surface area contributed by atoms with E-state index in [0.29, 0.717) is 17.5 Å². The third-order valence-electron chi connectivity index (χ3n) is 5.19. The summed E-state index contributed by atoms with van der Waals surface area (Å²) in [6, 6.07) is 1.39. The Morgan fingerprint density at radius 2 is 2.00 bits per heavy atom.